The summed E-state index contributed by atoms with van der Waals surface area (Å²) in [5.41, 5.74) is 8.23. The van der Waals surface area contributed by atoms with Crippen molar-refractivity contribution in [3.05, 3.63) is 275 Å². The number of hydrogen-bond donors (Lipinski definition) is 1. The first-order chi connectivity index (χ1) is 37.4. The van der Waals surface area contributed by atoms with Crippen LogP contribution in [0.4, 0.5) is 10.1 Å². The Balaban J connectivity index is 1.01. The molecule has 1 N–H and O–H groups in total. The minimum Gasteiger partial charge on any atom is -0.489 e. The average Bonchev–Trinajstić information content (AvgIpc) is 3.57. The Bertz CT molecular complexity index is 3010. The van der Waals surface area contributed by atoms with E-state index in [0.717, 1.165) is 44.6 Å². The molecular weight excluding hydrogens is 954 g/mol. The van der Waals surface area contributed by atoms with Gasteiger partial charge in [-0.05, 0) is 82.1 Å². The molecule has 76 heavy (non-hydrogen) atoms. The quantitative estimate of drug-likeness (QED) is 0.0598. The SMILES string of the molecule is O=C1[C@H](CC[C@H](O)c2ccc(F)cc2)[C@@H](c2ccc(C[C@@H]3OC(COCc4ccccc4)[C@@H](OCc4ccccc4)C(OCc4ccccc4)[C@@H]3OCc3ccccc3)cc2OCc2ccccc2)N1c1ccccc1. The highest BCUT2D eigenvalue weighted by molar-refractivity contribution is 6.03. The fourth-order valence-electron chi connectivity index (χ4n) is 10.3. The molecule has 2 heterocycles. The second kappa shape index (κ2) is 26.0. The van der Waals surface area contributed by atoms with Gasteiger partial charge in [-0.3, -0.25) is 4.79 Å². The molecule has 0 aliphatic carbocycles. The highest BCUT2D eigenvalue weighted by atomic mass is 19.1. The Morgan fingerprint density at radius 2 is 0.987 bits per heavy atom. The summed E-state index contributed by atoms with van der Waals surface area (Å²) in [6, 6.07) is 71.9. The maximum Gasteiger partial charge on any atom is 0.233 e. The summed E-state index contributed by atoms with van der Waals surface area (Å²) >= 11 is 0. The fraction of sp³-hybridized carbons (Fsp3) is 0.258. The van der Waals surface area contributed by atoms with Crippen LogP contribution in [0.15, 0.2) is 224 Å². The van der Waals surface area contributed by atoms with Crippen molar-refractivity contribution >= 4 is 11.6 Å². The van der Waals surface area contributed by atoms with Crippen LogP contribution in [-0.4, -0.2) is 48.1 Å². The summed E-state index contributed by atoms with van der Waals surface area (Å²) in [7, 11) is 0. The van der Waals surface area contributed by atoms with Gasteiger partial charge >= 0.3 is 0 Å². The minimum atomic E-state index is -0.875. The monoisotopic (exact) mass is 1020 g/mol. The molecule has 2 saturated heterocycles. The van der Waals surface area contributed by atoms with E-state index in [4.69, 9.17) is 28.4 Å². The number of rotatable bonds is 24. The van der Waals surface area contributed by atoms with E-state index in [1.54, 1.807) is 12.1 Å². The van der Waals surface area contributed by atoms with E-state index in [-0.39, 0.29) is 24.9 Å². The average molecular weight is 1020 g/mol. The van der Waals surface area contributed by atoms with E-state index in [1.807, 2.05) is 150 Å². The molecule has 388 valence electrons. The minimum absolute atomic E-state index is 0.0410. The first kappa shape index (κ1) is 52.2. The molecule has 8 atom stereocenters. The number of carbonyl (C=O) groups is 1. The number of anilines is 1. The number of halogens is 1. The third kappa shape index (κ3) is 13.4. The molecule has 1 amide bonds. The van der Waals surface area contributed by atoms with Crippen LogP contribution in [0, 0.1) is 11.7 Å². The number of para-hydroxylation sites is 1. The van der Waals surface area contributed by atoms with Crippen LogP contribution >= 0.6 is 0 Å². The molecule has 2 unspecified atom stereocenters. The van der Waals surface area contributed by atoms with E-state index in [2.05, 4.69) is 54.6 Å². The number of aliphatic hydroxyl groups excluding tert-OH is 1. The molecule has 2 fully saturated rings. The summed E-state index contributed by atoms with van der Waals surface area (Å²) in [5, 5.41) is 11.3. The number of ether oxygens (including phenoxy) is 6. The third-order valence-electron chi connectivity index (χ3n) is 14.3. The lowest BCUT2D eigenvalue weighted by Gasteiger charge is -2.48. The second-order valence-corrected chi connectivity index (χ2v) is 19.6. The Hall–Kier alpha value is -7.28. The number of amides is 1. The van der Waals surface area contributed by atoms with Gasteiger partial charge < -0.3 is 38.4 Å². The molecular formula is C66H64FNO8. The van der Waals surface area contributed by atoms with Crippen molar-refractivity contribution < 1.29 is 42.7 Å². The molecule has 0 bridgehead atoms. The van der Waals surface area contributed by atoms with Gasteiger partial charge in [0.2, 0.25) is 5.91 Å². The van der Waals surface area contributed by atoms with Crippen LogP contribution in [0.5, 0.6) is 5.75 Å². The maximum atomic E-state index is 14.4. The standard InChI is InChI=1S/C66H64FNO8/c67-54-34-32-53(33-35-54)58(69)38-37-57-62(68(66(57)70)55-29-17-6-18-30-55)56-36-31-52(39-59(56)72-42-48-21-9-2-10-22-48)40-60-63(73-43-49-23-11-3-12-24-49)65(75-45-51-27-15-5-16-28-51)64(74-44-50-25-13-4-14-26-50)61(76-60)46-71-41-47-19-7-1-8-20-47/h1-36,39,57-58,60-65,69H,37-38,40-46H2/t57-,58+,60+,61?,62-,63-,64-,65?/m1/s1. The molecule has 0 spiro atoms. The third-order valence-corrected chi connectivity index (χ3v) is 14.3. The Kier molecular flexibility index (Phi) is 17.8. The first-order valence-electron chi connectivity index (χ1n) is 26.3. The maximum absolute atomic E-state index is 14.4. The normalized spacial score (nSPS) is 20.7. The van der Waals surface area contributed by atoms with Gasteiger partial charge in [0.1, 0.15) is 42.6 Å². The van der Waals surface area contributed by atoms with Crippen LogP contribution in [0.2, 0.25) is 0 Å². The summed E-state index contributed by atoms with van der Waals surface area (Å²) in [6.07, 6.45) is -2.68. The fourth-order valence-corrected chi connectivity index (χ4v) is 10.3. The molecule has 8 aromatic rings. The summed E-state index contributed by atoms with van der Waals surface area (Å²) in [5.74, 6) is -0.253. The highest BCUT2D eigenvalue weighted by Crippen LogP contribution is 2.49. The lowest BCUT2D eigenvalue weighted by Crippen LogP contribution is -2.61. The molecule has 9 nitrogen and oxygen atoms in total. The number of β-lactam (4-membered cyclic amide) rings is 1. The van der Waals surface area contributed by atoms with E-state index in [1.165, 1.54) is 12.1 Å². The van der Waals surface area contributed by atoms with Crippen LogP contribution in [0.1, 0.15) is 69.5 Å². The van der Waals surface area contributed by atoms with Gasteiger partial charge in [0.05, 0.1) is 57.2 Å². The van der Waals surface area contributed by atoms with Crippen molar-refractivity contribution in [3.63, 3.8) is 0 Å². The molecule has 2 aliphatic rings. The van der Waals surface area contributed by atoms with Crippen LogP contribution in [-0.2, 0) is 67.9 Å². The summed E-state index contributed by atoms with van der Waals surface area (Å²) in [6.45, 7) is 1.86. The lowest BCUT2D eigenvalue weighted by molar-refractivity contribution is -0.272. The smallest absolute Gasteiger partial charge is 0.233 e. The van der Waals surface area contributed by atoms with Gasteiger partial charge in [-0.25, -0.2) is 4.39 Å². The Morgan fingerprint density at radius 1 is 0.513 bits per heavy atom. The summed E-state index contributed by atoms with van der Waals surface area (Å²) < 4.78 is 55.7. The first-order valence-corrected chi connectivity index (χ1v) is 26.3. The number of benzene rings is 8. The van der Waals surface area contributed by atoms with Crippen molar-refractivity contribution in [3.8, 4) is 5.75 Å². The molecule has 10 rings (SSSR count). The van der Waals surface area contributed by atoms with Gasteiger partial charge in [-0.2, -0.15) is 0 Å². The van der Waals surface area contributed by atoms with Gasteiger partial charge in [-0.15, -0.1) is 0 Å². The predicted octanol–water partition coefficient (Wildman–Crippen LogP) is 12.9. The van der Waals surface area contributed by atoms with Crippen LogP contribution < -0.4 is 9.64 Å². The lowest BCUT2D eigenvalue weighted by atomic mass is 9.77. The molecule has 2 aliphatic heterocycles. The zero-order valence-corrected chi connectivity index (χ0v) is 42.5. The number of aliphatic hydroxyl groups is 1. The summed E-state index contributed by atoms with van der Waals surface area (Å²) in [4.78, 5) is 16.2. The van der Waals surface area contributed by atoms with Crippen molar-refractivity contribution in [2.75, 3.05) is 11.5 Å². The zero-order chi connectivity index (χ0) is 51.9. The molecule has 10 heteroatoms. The van der Waals surface area contributed by atoms with Gasteiger partial charge in [-0.1, -0.05) is 194 Å². The molecule has 0 aromatic heterocycles. The zero-order valence-electron chi connectivity index (χ0n) is 42.5. The molecule has 0 saturated carbocycles. The van der Waals surface area contributed by atoms with Crippen LogP contribution in [0.3, 0.4) is 0 Å². The molecule has 8 aromatic carbocycles. The highest BCUT2D eigenvalue weighted by Gasteiger charge is 2.51. The topological polar surface area (TPSA) is 95.9 Å². The Labute approximate surface area is 445 Å². The number of hydrogen-bond acceptors (Lipinski definition) is 8. The Morgan fingerprint density at radius 3 is 1.53 bits per heavy atom. The van der Waals surface area contributed by atoms with E-state index < -0.39 is 48.6 Å². The largest absolute Gasteiger partial charge is 0.489 e. The molecule has 0 radical (unpaired) electrons. The predicted molar refractivity (Wildman–Crippen MR) is 291 cm³/mol. The van der Waals surface area contributed by atoms with Crippen molar-refractivity contribution in [2.24, 2.45) is 5.92 Å². The van der Waals surface area contributed by atoms with Crippen LogP contribution in [0.25, 0.3) is 0 Å². The van der Waals surface area contributed by atoms with Crippen molar-refractivity contribution in [2.45, 2.75) is 95.0 Å². The van der Waals surface area contributed by atoms with E-state index in [9.17, 15) is 14.3 Å². The van der Waals surface area contributed by atoms with Gasteiger partial charge in [0, 0.05) is 17.7 Å². The number of carbonyl (C=O) groups excluding carboxylic acids is 1. The van der Waals surface area contributed by atoms with Crippen molar-refractivity contribution in [1.82, 2.24) is 0 Å². The van der Waals surface area contributed by atoms with Crippen molar-refractivity contribution in [1.29, 1.82) is 0 Å². The van der Waals surface area contributed by atoms with Gasteiger partial charge in [0.25, 0.3) is 0 Å². The van der Waals surface area contributed by atoms with Gasteiger partial charge in [0.15, 0.2) is 0 Å². The second-order valence-electron chi connectivity index (χ2n) is 19.6. The van der Waals surface area contributed by atoms with E-state index in [0.29, 0.717) is 57.0 Å². The number of nitrogens with zero attached hydrogens (tertiary/aromatic N) is 1. The van der Waals surface area contributed by atoms with E-state index >= 15 is 0 Å².